The average Bonchev–Trinajstić information content (AvgIpc) is 2.70. The third kappa shape index (κ3) is 3.43. The van der Waals surface area contributed by atoms with Gasteiger partial charge in [-0.3, -0.25) is 4.79 Å². The molecule has 26 heavy (non-hydrogen) atoms. The van der Waals surface area contributed by atoms with Gasteiger partial charge < -0.3 is 0 Å². The highest BCUT2D eigenvalue weighted by atomic mass is 16.1. The molecule has 0 atom stereocenters. The van der Waals surface area contributed by atoms with E-state index in [2.05, 4.69) is 72.8 Å². The third-order valence-electron chi connectivity index (χ3n) is 4.89. The first-order chi connectivity index (χ1) is 12.8. The lowest BCUT2D eigenvalue weighted by Crippen LogP contribution is -1.91. The highest BCUT2D eigenvalue weighted by Gasteiger charge is 2.05. The van der Waals surface area contributed by atoms with Crippen LogP contribution in [-0.4, -0.2) is 6.29 Å². The van der Waals surface area contributed by atoms with Crippen LogP contribution in [0, 0.1) is 0 Å². The number of allylic oxidation sites excluding steroid dienone is 2. The zero-order chi connectivity index (χ0) is 17.8. The van der Waals surface area contributed by atoms with Crippen molar-refractivity contribution in [2.45, 2.75) is 12.8 Å². The first-order valence-electron chi connectivity index (χ1n) is 8.95. The van der Waals surface area contributed by atoms with Crippen molar-refractivity contribution < 1.29 is 4.79 Å². The van der Waals surface area contributed by atoms with Gasteiger partial charge in [0.1, 0.15) is 6.29 Å². The average molecular weight is 336 g/mol. The minimum absolute atomic E-state index is 0.843. The van der Waals surface area contributed by atoms with E-state index in [0.29, 0.717) is 0 Å². The normalized spacial score (nSPS) is 11.8. The Labute approximate surface area is 153 Å². The van der Waals surface area contributed by atoms with Gasteiger partial charge in [-0.25, -0.2) is 0 Å². The van der Waals surface area contributed by atoms with Crippen LogP contribution in [0.15, 0.2) is 91.0 Å². The van der Waals surface area contributed by atoms with Gasteiger partial charge in [-0.05, 0) is 63.2 Å². The number of carbonyl (C=O) groups is 1. The van der Waals surface area contributed by atoms with Crippen LogP contribution in [0.2, 0.25) is 0 Å². The van der Waals surface area contributed by atoms with Crippen LogP contribution in [0.1, 0.15) is 17.5 Å². The third-order valence-corrected chi connectivity index (χ3v) is 4.89. The maximum Gasteiger partial charge on any atom is 0.143 e. The molecule has 126 valence electrons. The predicted molar refractivity (Wildman–Crippen MR) is 110 cm³/mol. The Hall–Kier alpha value is -3.19. The highest BCUT2D eigenvalue weighted by molar-refractivity contribution is 5.89. The molecule has 0 aliphatic rings. The molecule has 0 aromatic heterocycles. The lowest BCUT2D eigenvalue weighted by atomic mass is 9.95. The molecule has 0 spiro atoms. The monoisotopic (exact) mass is 336 g/mol. The Balaban J connectivity index is 1.59. The summed E-state index contributed by atoms with van der Waals surface area (Å²) >= 11 is 0. The summed E-state index contributed by atoms with van der Waals surface area (Å²) in [6, 6.07) is 29.7. The Morgan fingerprint density at radius 3 is 2.00 bits per heavy atom. The summed E-state index contributed by atoms with van der Waals surface area (Å²) in [5.41, 5.74) is 3.50. The summed E-state index contributed by atoms with van der Waals surface area (Å²) in [5, 5.41) is 4.94. The minimum Gasteiger partial charge on any atom is -0.299 e. The fraction of sp³-hybridized carbons (Fsp3) is 0.0800. The van der Waals surface area contributed by atoms with Gasteiger partial charge in [-0.2, -0.15) is 0 Å². The summed E-state index contributed by atoms with van der Waals surface area (Å²) in [4.78, 5) is 11.2. The Bertz CT molecular complexity index is 1110. The quantitative estimate of drug-likeness (QED) is 0.313. The number of aryl methyl sites for hydroxylation is 1. The summed E-state index contributed by atoms with van der Waals surface area (Å²) in [5.74, 6) is 0. The second-order valence-corrected chi connectivity index (χ2v) is 6.57. The molecule has 0 aliphatic carbocycles. The lowest BCUT2D eigenvalue weighted by Gasteiger charge is -2.09. The van der Waals surface area contributed by atoms with E-state index in [1.807, 2.05) is 12.1 Å². The summed E-state index contributed by atoms with van der Waals surface area (Å²) in [6.07, 6.45) is 4.35. The van der Waals surface area contributed by atoms with Crippen LogP contribution in [0.3, 0.4) is 0 Å². The van der Waals surface area contributed by atoms with Gasteiger partial charge in [0.25, 0.3) is 0 Å². The molecule has 4 aromatic carbocycles. The molecule has 0 aliphatic heterocycles. The van der Waals surface area contributed by atoms with Crippen molar-refractivity contribution in [3.8, 4) is 0 Å². The van der Waals surface area contributed by atoms with Crippen LogP contribution in [0.25, 0.3) is 27.1 Å². The van der Waals surface area contributed by atoms with Gasteiger partial charge in [0.15, 0.2) is 0 Å². The van der Waals surface area contributed by atoms with Crippen LogP contribution < -0.4 is 0 Å². The summed E-state index contributed by atoms with van der Waals surface area (Å²) in [7, 11) is 0. The van der Waals surface area contributed by atoms with Crippen LogP contribution in [0.5, 0.6) is 0 Å². The maximum atomic E-state index is 11.2. The number of carbonyl (C=O) groups excluding carboxylic acids is 1. The van der Waals surface area contributed by atoms with Crippen molar-refractivity contribution in [3.63, 3.8) is 0 Å². The largest absolute Gasteiger partial charge is 0.299 e. The molecule has 1 nitrogen and oxygen atoms in total. The molecule has 0 heterocycles. The molecule has 0 radical (unpaired) electrons. The van der Waals surface area contributed by atoms with Crippen molar-refractivity contribution in [2.75, 3.05) is 0 Å². The zero-order valence-corrected chi connectivity index (χ0v) is 14.6. The second-order valence-electron chi connectivity index (χ2n) is 6.57. The first-order valence-corrected chi connectivity index (χ1v) is 8.95. The van der Waals surface area contributed by atoms with Gasteiger partial charge in [-0.15, -0.1) is 0 Å². The fourth-order valence-corrected chi connectivity index (χ4v) is 3.47. The van der Waals surface area contributed by atoms with Gasteiger partial charge >= 0.3 is 0 Å². The van der Waals surface area contributed by atoms with E-state index in [-0.39, 0.29) is 0 Å². The number of hydrogen-bond donors (Lipinski definition) is 0. The van der Waals surface area contributed by atoms with E-state index < -0.39 is 0 Å². The SMILES string of the molecule is O=C/C=C(\CCc1ccc2ccccc2c1)c1ccc2ccccc2c1. The van der Waals surface area contributed by atoms with Gasteiger partial charge in [0.2, 0.25) is 0 Å². The topological polar surface area (TPSA) is 17.1 Å². The molecule has 4 rings (SSSR count). The zero-order valence-electron chi connectivity index (χ0n) is 14.6. The van der Waals surface area contributed by atoms with E-state index in [9.17, 15) is 4.79 Å². The predicted octanol–water partition coefficient (Wildman–Crippen LogP) is 6.21. The number of fused-ring (bicyclic) bond motifs is 2. The molecule has 0 N–H and O–H groups in total. The number of hydrogen-bond acceptors (Lipinski definition) is 1. The van der Waals surface area contributed by atoms with Crippen molar-refractivity contribution in [2.24, 2.45) is 0 Å². The first kappa shape index (κ1) is 16.3. The molecule has 4 aromatic rings. The van der Waals surface area contributed by atoms with Crippen LogP contribution in [-0.2, 0) is 11.2 Å². The van der Waals surface area contributed by atoms with Gasteiger partial charge in [-0.1, -0.05) is 78.9 Å². The van der Waals surface area contributed by atoms with E-state index in [1.165, 1.54) is 27.1 Å². The van der Waals surface area contributed by atoms with E-state index >= 15 is 0 Å². The molecule has 0 bridgehead atoms. The van der Waals surface area contributed by atoms with Crippen molar-refractivity contribution >= 4 is 33.4 Å². The summed E-state index contributed by atoms with van der Waals surface area (Å²) in [6.45, 7) is 0. The molecule has 1 heteroatoms. The van der Waals surface area contributed by atoms with Gasteiger partial charge in [0.05, 0.1) is 0 Å². The second kappa shape index (κ2) is 7.37. The maximum absolute atomic E-state index is 11.2. The lowest BCUT2D eigenvalue weighted by molar-refractivity contribution is -0.104. The van der Waals surface area contributed by atoms with Crippen molar-refractivity contribution in [1.29, 1.82) is 0 Å². The van der Waals surface area contributed by atoms with E-state index in [1.54, 1.807) is 6.08 Å². The van der Waals surface area contributed by atoms with E-state index in [0.717, 1.165) is 30.3 Å². The van der Waals surface area contributed by atoms with E-state index in [4.69, 9.17) is 0 Å². The number of rotatable bonds is 5. The van der Waals surface area contributed by atoms with Crippen molar-refractivity contribution in [1.82, 2.24) is 0 Å². The molecule has 0 fully saturated rings. The van der Waals surface area contributed by atoms with Crippen LogP contribution >= 0.6 is 0 Å². The molecule has 0 unspecified atom stereocenters. The minimum atomic E-state index is 0.843. The standard InChI is InChI=1S/C25H20O/c26-16-15-22(25-14-13-21-6-2-4-8-24(21)18-25)12-10-19-9-11-20-5-1-3-7-23(20)17-19/h1-9,11,13-18H,10,12H2/b22-15+. The van der Waals surface area contributed by atoms with Gasteiger partial charge in [0, 0.05) is 0 Å². The smallest absolute Gasteiger partial charge is 0.143 e. The fourth-order valence-electron chi connectivity index (χ4n) is 3.47. The number of benzene rings is 4. The molecule has 0 amide bonds. The summed E-state index contributed by atoms with van der Waals surface area (Å²) < 4.78 is 0. The molecule has 0 saturated heterocycles. The highest BCUT2D eigenvalue weighted by Crippen LogP contribution is 2.25. The molecular weight excluding hydrogens is 316 g/mol. The molecule has 0 saturated carbocycles. The van der Waals surface area contributed by atoms with Crippen LogP contribution in [0.4, 0.5) is 0 Å². The number of aldehydes is 1. The Morgan fingerprint density at radius 2 is 1.31 bits per heavy atom. The molecular formula is C25H20O. The van der Waals surface area contributed by atoms with Crippen molar-refractivity contribution in [3.05, 3.63) is 102 Å². The Morgan fingerprint density at radius 1 is 0.692 bits per heavy atom. The Kier molecular flexibility index (Phi) is 4.61.